The molecule has 4 nitrogen and oxygen atoms in total. The van der Waals surface area contributed by atoms with Crippen LogP contribution in [0.15, 0.2) is 12.7 Å². The Bertz CT molecular complexity index is 299. The van der Waals surface area contributed by atoms with E-state index in [2.05, 4.69) is 43.4 Å². The second-order valence-electron chi connectivity index (χ2n) is 5.53. The molecule has 0 amide bonds. The maximum absolute atomic E-state index is 6.46. The van der Waals surface area contributed by atoms with Gasteiger partial charge in [0.2, 0.25) is 0 Å². The highest BCUT2D eigenvalue weighted by molar-refractivity contribution is 7.80. The van der Waals surface area contributed by atoms with E-state index in [9.17, 15) is 0 Å². The lowest BCUT2D eigenvalue weighted by molar-refractivity contribution is 0.323. The minimum atomic E-state index is -0.267. The van der Waals surface area contributed by atoms with Crippen molar-refractivity contribution in [3.05, 3.63) is 12.7 Å². The van der Waals surface area contributed by atoms with Crippen LogP contribution in [0.25, 0.3) is 0 Å². The summed E-state index contributed by atoms with van der Waals surface area (Å²) < 4.78 is 0. The first-order chi connectivity index (χ1) is 9.37. The molecule has 118 valence electrons. The van der Waals surface area contributed by atoms with E-state index >= 15 is 0 Å². The number of hydrogen-bond donors (Lipinski definition) is 4. The van der Waals surface area contributed by atoms with Gasteiger partial charge in [0, 0.05) is 18.6 Å². The van der Waals surface area contributed by atoms with E-state index < -0.39 is 0 Å². The monoisotopic (exact) mass is 320 g/mol. The third-order valence-electron chi connectivity index (χ3n) is 3.47. The van der Waals surface area contributed by atoms with Gasteiger partial charge in [0.15, 0.2) is 0 Å². The second kappa shape index (κ2) is 10.5. The summed E-state index contributed by atoms with van der Waals surface area (Å²) in [5.74, 6) is 6.16. The van der Waals surface area contributed by atoms with Gasteiger partial charge in [0.25, 0.3) is 0 Å². The zero-order valence-corrected chi connectivity index (χ0v) is 14.5. The molecule has 0 aromatic heterocycles. The van der Waals surface area contributed by atoms with Gasteiger partial charge in [-0.2, -0.15) is 0 Å². The Morgan fingerprint density at radius 2 is 2.00 bits per heavy atom. The molecule has 20 heavy (non-hydrogen) atoms. The van der Waals surface area contributed by atoms with Gasteiger partial charge in [0.05, 0.1) is 5.38 Å². The van der Waals surface area contributed by atoms with Crippen LogP contribution < -0.4 is 21.9 Å². The van der Waals surface area contributed by atoms with Crippen LogP contribution in [0.3, 0.4) is 0 Å². The van der Waals surface area contributed by atoms with Gasteiger partial charge >= 0.3 is 0 Å². The van der Waals surface area contributed by atoms with E-state index in [1.807, 2.05) is 13.1 Å². The summed E-state index contributed by atoms with van der Waals surface area (Å²) in [5, 5.41) is 6.41. The molecule has 0 rings (SSSR count). The first-order valence-corrected chi connectivity index (χ1v) is 7.89. The third-order valence-corrected chi connectivity index (χ3v) is 4.51. The smallest absolute Gasteiger partial charge is 0.108 e. The molecule has 0 fully saturated rings. The van der Waals surface area contributed by atoms with Crippen molar-refractivity contribution in [1.29, 1.82) is 0 Å². The van der Waals surface area contributed by atoms with Gasteiger partial charge in [-0.15, -0.1) is 18.2 Å². The van der Waals surface area contributed by atoms with Crippen LogP contribution in [0.4, 0.5) is 0 Å². The molecule has 0 aliphatic carbocycles. The summed E-state index contributed by atoms with van der Waals surface area (Å²) in [6, 6.07) is 0.479. The Kier molecular flexibility index (Phi) is 10.4. The highest BCUT2D eigenvalue weighted by atomic mass is 35.5. The lowest BCUT2D eigenvalue weighted by atomic mass is 9.88. The van der Waals surface area contributed by atoms with Crippen molar-refractivity contribution in [1.82, 2.24) is 16.1 Å². The molecule has 0 heterocycles. The minimum Gasteiger partial charge on any atom is -0.317 e. The molecule has 0 saturated heterocycles. The summed E-state index contributed by atoms with van der Waals surface area (Å²) in [6.07, 6.45) is 2.88. The number of rotatable bonds is 10. The van der Waals surface area contributed by atoms with Crippen LogP contribution in [-0.4, -0.2) is 36.0 Å². The first kappa shape index (κ1) is 19.8. The fraction of sp³-hybridized carbons (Fsp3) is 0.786. The number of hydrogen-bond acceptors (Lipinski definition) is 4. The largest absolute Gasteiger partial charge is 0.317 e. The van der Waals surface area contributed by atoms with Crippen LogP contribution in [-0.2, 0) is 0 Å². The summed E-state index contributed by atoms with van der Waals surface area (Å²) >= 11 is 11.6. The SMILES string of the molecule is C=CC(CNC(C)C(CC(C)C)C(Cl)C(=S)NN)NC. The van der Waals surface area contributed by atoms with Crippen LogP contribution in [0.5, 0.6) is 0 Å². The van der Waals surface area contributed by atoms with E-state index in [1.165, 1.54) is 0 Å². The van der Waals surface area contributed by atoms with Crippen LogP contribution >= 0.6 is 23.8 Å². The summed E-state index contributed by atoms with van der Waals surface area (Å²) in [5.41, 5.74) is 2.50. The van der Waals surface area contributed by atoms with Crippen LogP contribution in [0.1, 0.15) is 27.2 Å². The molecule has 6 heteroatoms. The molecule has 0 aliphatic rings. The average Bonchev–Trinajstić information content (AvgIpc) is 2.43. The van der Waals surface area contributed by atoms with Gasteiger partial charge < -0.3 is 16.1 Å². The second-order valence-corrected chi connectivity index (χ2v) is 6.44. The molecule has 0 spiro atoms. The number of thiocarbonyl (C=S) groups is 1. The topological polar surface area (TPSA) is 62.1 Å². The molecule has 4 atom stereocenters. The molecule has 0 radical (unpaired) electrons. The maximum atomic E-state index is 6.46. The fourth-order valence-corrected chi connectivity index (χ4v) is 2.72. The van der Waals surface area contributed by atoms with Crippen molar-refractivity contribution in [3.8, 4) is 0 Å². The van der Waals surface area contributed by atoms with Crippen molar-refractivity contribution >= 4 is 28.8 Å². The molecule has 0 aromatic rings. The number of hydrazine groups is 1. The predicted molar refractivity (Wildman–Crippen MR) is 93.0 cm³/mol. The molecular weight excluding hydrogens is 292 g/mol. The molecule has 5 N–H and O–H groups in total. The minimum absolute atomic E-state index is 0.225. The van der Waals surface area contributed by atoms with Gasteiger partial charge in [-0.1, -0.05) is 32.1 Å². The number of halogens is 1. The van der Waals surface area contributed by atoms with Crippen molar-refractivity contribution in [2.45, 2.75) is 44.7 Å². The number of nitrogens with two attached hydrogens (primary N) is 1. The Morgan fingerprint density at radius 3 is 2.40 bits per heavy atom. The number of nitrogens with one attached hydrogen (secondary N) is 3. The molecule has 0 saturated carbocycles. The summed E-state index contributed by atoms with van der Waals surface area (Å²) in [7, 11) is 1.92. The fourth-order valence-electron chi connectivity index (χ4n) is 2.16. The van der Waals surface area contributed by atoms with Crippen LogP contribution in [0, 0.1) is 11.8 Å². The average molecular weight is 321 g/mol. The zero-order chi connectivity index (χ0) is 15.7. The van der Waals surface area contributed by atoms with E-state index in [0.717, 1.165) is 13.0 Å². The summed E-state index contributed by atoms with van der Waals surface area (Å²) in [4.78, 5) is 0.500. The van der Waals surface area contributed by atoms with Crippen LogP contribution in [0.2, 0.25) is 0 Å². The lowest BCUT2D eigenvalue weighted by Crippen LogP contribution is -2.48. The summed E-state index contributed by atoms with van der Waals surface area (Å²) in [6.45, 7) is 11.1. The van der Waals surface area contributed by atoms with Crippen molar-refractivity contribution in [3.63, 3.8) is 0 Å². The Labute approximate surface area is 133 Å². The lowest BCUT2D eigenvalue weighted by Gasteiger charge is -2.31. The van der Waals surface area contributed by atoms with Crippen molar-refractivity contribution in [2.75, 3.05) is 13.6 Å². The van der Waals surface area contributed by atoms with E-state index in [1.54, 1.807) is 0 Å². The molecule has 4 unspecified atom stereocenters. The van der Waals surface area contributed by atoms with Gasteiger partial charge in [-0.05, 0) is 32.2 Å². The van der Waals surface area contributed by atoms with Gasteiger partial charge in [-0.25, -0.2) is 5.84 Å². The van der Waals surface area contributed by atoms with Gasteiger partial charge in [-0.3, -0.25) is 0 Å². The normalized spacial score (nSPS) is 17.4. The van der Waals surface area contributed by atoms with Crippen molar-refractivity contribution < 1.29 is 0 Å². The highest BCUT2D eigenvalue weighted by Gasteiger charge is 2.28. The number of alkyl halides is 1. The quantitative estimate of drug-likeness (QED) is 0.163. The molecule has 0 aromatic carbocycles. The van der Waals surface area contributed by atoms with Crippen molar-refractivity contribution in [2.24, 2.45) is 17.7 Å². The Balaban J connectivity index is 4.67. The highest BCUT2D eigenvalue weighted by Crippen LogP contribution is 2.24. The first-order valence-electron chi connectivity index (χ1n) is 7.05. The molecular formula is C14H29ClN4S. The maximum Gasteiger partial charge on any atom is 0.108 e. The Hall–Kier alpha value is -0.200. The zero-order valence-electron chi connectivity index (χ0n) is 12.9. The van der Waals surface area contributed by atoms with Gasteiger partial charge in [0.1, 0.15) is 4.99 Å². The number of likely N-dealkylation sites (N-methyl/N-ethyl adjacent to an activating group) is 1. The van der Waals surface area contributed by atoms with E-state index in [-0.39, 0.29) is 23.4 Å². The standard InChI is InChI=1S/C14H29ClN4S/c1-6-11(17-5)8-18-10(4)12(7-9(2)3)13(15)14(20)19-16/h6,9-13,17-18H,1,7-8,16H2,2-5H3,(H,19,20). The molecule has 0 bridgehead atoms. The van der Waals surface area contributed by atoms with E-state index in [4.69, 9.17) is 29.7 Å². The molecule has 0 aliphatic heterocycles. The third kappa shape index (κ3) is 6.99. The predicted octanol–water partition coefficient (Wildman–Crippen LogP) is 1.80. The Morgan fingerprint density at radius 1 is 1.40 bits per heavy atom. The van der Waals surface area contributed by atoms with E-state index in [0.29, 0.717) is 10.9 Å².